The number of rotatable bonds is 0. The highest BCUT2D eigenvalue weighted by Gasteiger charge is 2.09. The van der Waals surface area contributed by atoms with E-state index < -0.39 is 0 Å². The molecular weight excluding hydrogens is 200 g/mol. The fourth-order valence-electron chi connectivity index (χ4n) is 2.04. The van der Waals surface area contributed by atoms with Crippen molar-refractivity contribution in [2.75, 3.05) is 5.73 Å². The van der Waals surface area contributed by atoms with Gasteiger partial charge in [0, 0.05) is 12.4 Å². The molecule has 0 aliphatic heterocycles. The van der Waals surface area contributed by atoms with Crippen molar-refractivity contribution < 1.29 is 0 Å². The fraction of sp³-hybridized carbons (Fsp3) is 0.167. The Morgan fingerprint density at radius 2 is 2.12 bits per heavy atom. The quantitative estimate of drug-likeness (QED) is 0.620. The van der Waals surface area contributed by atoms with E-state index in [-0.39, 0.29) is 0 Å². The van der Waals surface area contributed by atoms with Crippen LogP contribution in [0.1, 0.15) is 5.56 Å². The van der Waals surface area contributed by atoms with Crippen LogP contribution in [-0.4, -0.2) is 14.8 Å². The molecule has 3 rings (SSSR count). The van der Waals surface area contributed by atoms with Crippen LogP contribution >= 0.6 is 0 Å². The molecule has 16 heavy (non-hydrogen) atoms. The molecule has 0 radical (unpaired) electrons. The van der Waals surface area contributed by atoms with Crippen molar-refractivity contribution in [3.05, 3.63) is 29.8 Å². The van der Waals surface area contributed by atoms with E-state index in [0.29, 0.717) is 5.82 Å². The summed E-state index contributed by atoms with van der Waals surface area (Å²) in [5.74, 6) is 0.536. The molecule has 0 saturated heterocycles. The van der Waals surface area contributed by atoms with Gasteiger partial charge >= 0.3 is 0 Å². The normalized spacial score (nSPS) is 11.4. The second-order valence-electron chi connectivity index (χ2n) is 4.02. The average Bonchev–Trinajstić information content (AvgIpc) is 2.53. The minimum absolute atomic E-state index is 0.536. The number of hydrogen-bond donors (Lipinski definition) is 1. The van der Waals surface area contributed by atoms with E-state index in [0.717, 1.165) is 21.9 Å². The van der Waals surface area contributed by atoms with Crippen molar-refractivity contribution in [1.29, 1.82) is 0 Å². The molecule has 0 saturated carbocycles. The van der Waals surface area contributed by atoms with Gasteiger partial charge in [0.15, 0.2) is 11.5 Å². The number of nitrogens with two attached hydrogens (primary N) is 1. The molecule has 0 bridgehead atoms. The molecule has 0 aliphatic rings. The third kappa shape index (κ3) is 1.10. The zero-order valence-electron chi connectivity index (χ0n) is 9.23. The summed E-state index contributed by atoms with van der Waals surface area (Å²) in [5, 5.41) is 6.20. The molecule has 4 nitrogen and oxygen atoms in total. The Bertz CT molecular complexity index is 697. The van der Waals surface area contributed by atoms with E-state index in [2.05, 4.69) is 23.1 Å². The molecule has 2 heterocycles. The first-order valence-electron chi connectivity index (χ1n) is 5.15. The molecule has 0 atom stereocenters. The summed E-state index contributed by atoms with van der Waals surface area (Å²) in [6.45, 7) is 2.06. The Morgan fingerprint density at radius 1 is 1.31 bits per heavy atom. The van der Waals surface area contributed by atoms with Crippen molar-refractivity contribution in [3.8, 4) is 0 Å². The first kappa shape index (κ1) is 9.15. The monoisotopic (exact) mass is 212 g/mol. The van der Waals surface area contributed by atoms with Crippen LogP contribution in [0.25, 0.3) is 21.9 Å². The largest absolute Gasteiger partial charge is 0.382 e. The topological polar surface area (TPSA) is 56.7 Å². The maximum atomic E-state index is 5.83. The number of aromatic nitrogens is 3. The van der Waals surface area contributed by atoms with Gasteiger partial charge < -0.3 is 5.73 Å². The Morgan fingerprint density at radius 3 is 2.94 bits per heavy atom. The zero-order valence-corrected chi connectivity index (χ0v) is 9.23. The number of pyridine rings is 1. The zero-order chi connectivity index (χ0) is 11.3. The Kier molecular flexibility index (Phi) is 1.68. The summed E-state index contributed by atoms with van der Waals surface area (Å²) in [4.78, 5) is 4.62. The number of para-hydroxylation sites is 1. The van der Waals surface area contributed by atoms with Gasteiger partial charge in [-0.2, -0.15) is 5.10 Å². The van der Waals surface area contributed by atoms with Crippen molar-refractivity contribution in [2.45, 2.75) is 6.92 Å². The SMILES string of the molecule is Cc1cccc2cc3c(N)nn(C)c3nc12. The minimum Gasteiger partial charge on any atom is -0.382 e. The van der Waals surface area contributed by atoms with E-state index in [1.54, 1.807) is 4.68 Å². The highest BCUT2D eigenvalue weighted by atomic mass is 15.3. The summed E-state index contributed by atoms with van der Waals surface area (Å²) < 4.78 is 1.72. The highest BCUT2D eigenvalue weighted by Crippen LogP contribution is 2.24. The van der Waals surface area contributed by atoms with E-state index in [9.17, 15) is 0 Å². The molecule has 2 N–H and O–H groups in total. The Balaban J connectivity index is 2.56. The van der Waals surface area contributed by atoms with Crippen molar-refractivity contribution >= 4 is 27.8 Å². The van der Waals surface area contributed by atoms with Gasteiger partial charge in [0.25, 0.3) is 0 Å². The molecule has 0 fully saturated rings. The number of nitrogens with zero attached hydrogens (tertiary/aromatic N) is 3. The summed E-state index contributed by atoms with van der Waals surface area (Å²) in [7, 11) is 1.86. The second-order valence-corrected chi connectivity index (χ2v) is 4.02. The fourth-order valence-corrected chi connectivity index (χ4v) is 2.04. The highest BCUT2D eigenvalue weighted by molar-refractivity contribution is 5.97. The van der Waals surface area contributed by atoms with E-state index in [4.69, 9.17) is 5.73 Å². The Hall–Kier alpha value is -2.10. The summed E-state index contributed by atoms with van der Waals surface area (Å²) in [5.41, 5.74) is 8.84. The molecule has 2 aromatic heterocycles. The van der Waals surface area contributed by atoms with Crippen LogP contribution in [0.3, 0.4) is 0 Å². The number of nitrogen functional groups attached to an aromatic ring is 1. The van der Waals surface area contributed by atoms with Crippen LogP contribution in [0, 0.1) is 6.92 Å². The van der Waals surface area contributed by atoms with Crippen LogP contribution in [0.4, 0.5) is 5.82 Å². The van der Waals surface area contributed by atoms with Crippen molar-refractivity contribution in [1.82, 2.24) is 14.8 Å². The lowest BCUT2D eigenvalue weighted by Crippen LogP contribution is -1.93. The van der Waals surface area contributed by atoms with Gasteiger partial charge in [-0.05, 0) is 18.6 Å². The number of hydrogen-bond acceptors (Lipinski definition) is 3. The standard InChI is InChI=1S/C12H12N4/c1-7-4-3-5-8-6-9-11(13)15-16(2)12(9)14-10(7)8/h3-6H,1-2H3,(H2,13,15). The summed E-state index contributed by atoms with van der Waals surface area (Å²) >= 11 is 0. The molecule has 0 spiro atoms. The number of benzene rings is 1. The van der Waals surface area contributed by atoms with Crippen LogP contribution < -0.4 is 5.73 Å². The van der Waals surface area contributed by atoms with Crippen LogP contribution in [0.5, 0.6) is 0 Å². The maximum Gasteiger partial charge on any atom is 0.160 e. The summed E-state index contributed by atoms with van der Waals surface area (Å²) in [6, 6.07) is 8.17. The van der Waals surface area contributed by atoms with Crippen LogP contribution in [-0.2, 0) is 7.05 Å². The lowest BCUT2D eigenvalue weighted by atomic mass is 10.1. The minimum atomic E-state index is 0.536. The molecular formula is C12H12N4. The van der Waals surface area contributed by atoms with Crippen LogP contribution in [0.15, 0.2) is 24.3 Å². The molecule has 1 aromatic carbocycles. The molecule has 0 amide bonds. The lowest BCUT2D eigenvalue weighted by Gasteiger charge is -2.01. The number of aryl methyl sites for hydroxylation is 2. The van der Waals surface area contributed by atoms with Crippen molar-refractivity contribution in [2.24, 2.45) is 7.05 Å². The van der Waals surface area contributed by atoms with Gasteiger partial charge in [0.05, 0.1) is 10.9 Å². The van der Waals surface area contributed by atoms with Gasteiger partial charge in [-0.15, -0.1) is 0 Å². The van der Waals surface area contributed by atoms with Gasteiger partial charge in [-0.1, -0.05) is 18.2 Å². The maximum absolute atomic E-state index is 5.83. The first-order valence-corrected chi connectivity index (χ1v) is 5.15. The van der Waals surface area contributed by atoms with Crippen LogP contribution in [0.2, 0.25) is 0 Å². The Labute approximate surface area is 92.7 Å². The van der Waals surface area contributed by atoms with E-state index in [1.807, 2.05) is 25.2 Å². The number of anilines is 1. The second kappa shape index (κ2) is 2.95. The third-order valence-electron chi connectivity index (χ3n) is 2.87. The number of fused-ring (bicyclic) bond motifs is 2. The van der Waals surface area contributed by atoms with E-state index >= 15 is 0 Å². The molecule has 3 aromatic rings. The smallest absolute Gasteiger partial charge is 0.160 e. The predicted octanol–water partition coefficient (Wildman–Crippen LogP) is 2.01. The van der Waals surface area contributed by atoms with Gasteiger partial charge in [0.2, 0.25) is 0 Å². The van der Waals surface area contributed by atoms with E-state index in [1.165, 1.54) is 5.56 Å². The summed E-state index contributed by atoms with van der Waals surface area (Å²) in [6.07, 6.45) is 0. The van der Waals surface area contributed by atoms with Gasteiger partial charge in [0.1, 0.15) is 0 Å². The molecule has 80 valence electrons. The molecule has 0 aliphatic carbocycles. The lowest BCUT2D eigenvalue weighted by molar-refractivity contribution is 0.792. The third-order valence-corrected chi connectivity index (χ3v) is 2.87. The molecule has 0 unspecified atom stereocenters. The molecule has 4 heteroatoms. The van der Waals surface area contributed by atoms with Crippen molar-refractivity contribution in [3.63, 3.8) is 0 Å². The first-order chi connectivity index (χ1) is 7.66. The van der Waals surface area contributed by atoms with Gasteiger partial charge in [-0.25, -0.2) is 9.67 Å². The predicted molar refractivity (Wildman–Crippen MR) is 65.2 cm³/mol. The van der Waals surface area contributed by atoms with Gasteiger partial charge in [-0.3, -0.25) is 0 Å². The average molecular weight is 212 g/mol.